The maximum absolute atomic E-state index is 14.6. The molecule has 8 rings (SSSR count). The number of aryl methyl sites for hydroxylation is 1. The molecule has 0 bridgehead atoms. The Hall–Kier alpha value is -5.07. The molecule has 0 radical (unpaired) electrons. The Labute approximate surface area is 307 Å². The van der Waals surface area contributed by atoms with Crippen LogP contribution < -0.4 is 16.6 Å². The Morgan fingerprint density at radius 2 is 1.57 bits per heavy atom. The minimum Gasteiger partial charge on any atom is -0.348 e. The third kappa shape index (κ3) is 7.43. The Morgan fingerprint density at radius 1 is 0.811 bits per heavy atom. The maximum Gasteiger partial charge on any atom is 0.337 e. The molecule has 1 N–H and O–H groups in total. The first-order valence-corrected chi connectivity index (χ1v) is 18.9. The van der Waals surface area contributed by atoms with Crippen molar-refractivity contribution in [2.24, 2.45) is 0 Å². The van der Waals surface area contributed by atoms with Crippen molar-refractivity contribution in [3.8, 4) is 16.8 Å². The SMILES string of the molecule is Cc1cnc(C(=O)NC2CCC(n3c(=O)c4cc(F)cnc4n(-c4cccc(-c5ccc(CN6CCN(C7CCCC7)CC6)cc5)c4)c3=O)CC2)cn1. The fraction of sp³-hybridized carbons (Fsp3) is 0.415. The molecule has 1 aliphatic heterocycles. The van der Waals surface area contributed by atoms with E-state index in [1.807, 2.05) is 24.3 Å². The fourth-order valence-electron chi connectivity index (χ4n) is 8.43. The van der Waals surface area contributed by atoms with Crippen molar-refractivity contribution in [3.05, 3.63) is 117 Å². The summed E-state index contributed by atoms with van der Waals surface area (Å²) in [7, 11) is 0. The van der Waals surface area contributed by atoms with Gasteiger partial charge in [0.25, 0.3) is 11.5 Å². The predicted octanol–water partition coefficient (Wildman–Crippen LogP) is 5.43. The number of aromatic nitrogens is 5. The highest BCUT2D eigenvalue weighted by Crippen LogP contribution is 2.29. The second-order valence-electron chi connectivity index (χ2n) is 14.8. The molecule has 3 aromatic heterocycles. The molecule has 274 valence electrons. The summed E-state index contributed by atoms with van der Waals surface area (Å²) in [5.74, 6) is -0.961. The van der Waals surface area contributed by atoms with E-state index < -0.39 is 23.1 Å². The summed E-state index contributed by atoms with van der Waals surface area (Å²) in [5.41, 5.74) is 3.69. The van der Waals surface area contributed by atoms with Gasteiger partial charge >= 0.3 is 5.69 Å². The van der Waals surface area contributed by atoms with E-state index >= 15 is 0 Å². The topological polar surface area (TPSA) is 118 Å². The number of nitrogens with zero attached hydrogens (tertiary/aromatic N) is 7. The summed E-state index contributed by atoms with van der Waals surface area (Å²) < 4.78 is 17.2. The smallest absolute Gasteiger partial charge is 0.337 e. The molecule has 2 aliphatic carbocycles. The van der Waals surface area contributed by atoms with Gasteiger partial charge in [-0.3, -0.25) is 28.9 Å². The third-order valence-corrected chi connectivity index (χ3v) is 11.3. The molecule has 1 amide bonds. The van der Waals surface area contributed by atoms with Gasteiger partial charge in [0, 0.05) is 57.0 Å². The summed E-state index contributed by atoms with van der Waals surface area (Å²) in [6.07, 6.45) is 11.5. The average Bonchev–Trinajstić information content (AvgIpc) is 3.72. The summed E-state index contributed by atoms with van der Waals surface area (Å²) in [6, 6.07) is 17.5. The number of pyridine rings is 1. The Kier molecular flexibility index (Phi) is 9.98. The number of fused-ring (bicyclic) bond motifs is 1. The molecule has 2 aromatic carbocycles. The van der Waals surface area contributed by atoms with E-state index in [2.05, 4.69) is 54.3 Å². The number of hydrogen-bond acceptors (Lipinski definition) is 8. The first-order chi connectivity index (χ1) is 25.8. The number of nitrogens with one attached hydrogen (secondary N) is 1. The number of carbonyl (C=O) groups excluding carboxylic acids is 1. The highest BCUT2D eigenvalue weighted by Gasteiger charge is 2.29. The first kappa shape index (κ1) is 35.0. The summed E-state index contributed by atoms with van der Waals surface area (Å²) in [5, 5.41) is 3.05. The Balaban J connectivity index is 1.01. The Bertz CT molecular complexity index is 2210. The second kappa shape index (κ2) is 15.1. The summed E-state index contributed by atoms with van der Waals surface area (Å²) >= 11 is 0. The van der Waals surface area contributed by atoms with E-state index in [0.29, 0.717) is 31.4 Å². The lowest BCUT2D eigenvalue weighted by Crippen LogP contribution is -2.49. The third-order valence-electron chi connectivity index (χ3n) is 11.3. The zero-order valence-electron chi connectivity index (χ0n) is 30.1. The Morgan fingerprint density at radius 3 is 2.28 bits per heavy atom. The van der Waals surface area contributed by atoms with Crippen LogP contribution in [0.2, 0.25) is 0 Å². The van der Waals surface area contributed by atoms with Gasteiger partial charge in [-0.2, -0.15) is 0 Å². The van der Waals surface area contributed by atoms with Crippen molar-refractivity contribution >= 4 is 16.9 Å². The van der Waals surface area contributed by atoms with Crippen LogP contribution in [-0.4, -0.2) is 78.1 Å². The van der Waals surface area contributed by atoms with E-state index in [9.17, 15) is 18.8 Å². The highest BCUT2D eigenvalue weighted by atomic mass is 19.1. The monoisotopic (exact) mass is 716 g/mol. The van der Waals surface area contributed by atoms with E-state index in [1.54, 1.807) is 13.1 Å². The van der Waals surface area contributed by atoms with Crippen molar-refractivity contribution in [3.63, 3.8) is 0 Å². The number of hydrogen-bond donors (Lipinski definition) is 1. The normalized spacial score (nSPS) is 20.2. The van der Waals surface area contributed by atoms with Crippen LogP contribution in [0.5, 0.6) is 0 Å². The molecule has 2 saturated carbocycles. The molecule has 0 unspecified atom stereocenters. The van der Waals surface area contributed by atoms with Gasteiger partial charge in [0.05, 0.1) is 29.2 Å². The zero-order valence-corrected chi connectivity index (χ0v) is 30.1. The molecule has 0 atom stereocenters. The standard InChI is InChI=1S/C41H45FN8O3/c1-27-23-44-37(25-43-27)39(51)46-32-13-15-34(16-14-32)50-40(52)36-22-31(42)24-45-38(36)49(41(50)53)35-8-4-5-30(21-35)29-11-9-28(10-12-29)26-47-17-19-48(20-18-47)33-6-2-3-7-33/h4-5,8-12,21-25,32-34H,2-3,6-7,13-20,26H2,1H3,(H,46,51). The molecule has 3 aliphatic rings. The van der Waals surface area contributed by atoms with Crippen molar-refractivity contribution < 1.29 is 9.18 Å². The molecule has 4 heterocycles. The number of piperazine rings is 1. The fourth-order valence-corrected chi connectivity index (χ4v) is 8.43. The summed E-state index contributed by atoms with van der Waals surface area (Å²) in [4.78, 5) is 58.7. The lowest BCUT2D eigenvalue weighted by atomic mass is 9.90. The van der Waals surface area contributed by atoms with Gasteiger partial charge < -0.3 is 5.32 Å². The highest BCUT2D eigenvalue weighted by molar-refractivity contribution is 5.92. The van der Waals surface area contributed by atoms with Crippen LogP contribution in [0.15, 0.2) is 82.8 Å². The molecule has 5 aromatic rings. The number of rotatable bonds is 8. The lowest BCUT2D eigenvalue weighted by Gasteiger charge is -2.38. The molecule has 1 saturated heterocycles. The van der Waals surface area contributed by atoms with E-state index in [4.69, 9.17) is 0 Å². The van der Waals surface area contributed by atoms with Crippen LogP contribution in [-0.2, 0) is 6.54 Å². The van der Waals surface area contributed by atoms with Gasteiger partial charge in [0.2, 0.25) is 0 Å². The van der Waals surface area contributed by atoms with Gasteiger partial charge in [-0.05, 0) is 80.3 Å². The number of amides is 1. The second-order valence-corrected chi connectivity index (χ2v) is 14.8. The number of halogens is 1. The quantitative estimate of drug-likeness (QED) is 0.226. The van der Waals surface area contributed by atoms with Crippen LogP contribution in [0, 0.1) is 12.7 Å². The van der Waals surface area contributed by atoms with E-state index in [0.717, 1.165) is 67.8 Å². The van der Waals surface area contributed by atoms with Crippen molar-refractivity contribution in [2.75, 3.05) is 26.2 Å². The molecule has 3 fully saturated rings. The van der Waals surface area contributed by atoms with Crippen LogP contribution in [0.1, 0.15) is 79.2 Å². The lowest BCUT2D eigenvalue weighted by molar-refractivity contribution is 0.0916. The first-order valence-electron chi connectivity index (χ1n) is 18.9. The maximum atomic E-state index is 14.6. The minimum atomic E-state index is -0.651. The van der Waals surface area contributed by atoms with Crippen LogP contribution in [0.3, 0.4) is 0 Å². The van der Waals surface area contributed by atoms with E-state index in [1.165, 1.54) is 46.6 Å². The predicted molar refractivity (Wildman–Crippen MR) is 202 cm³/mol. The number of benzene rings is 2. The summed E-state index contributed by atoms with van der Waals surface area (Å²) in [6.45, 7) is 7.18. The average molecular weight is 717 g/mol. The van der Waals surface area contributed by atoms with Gasteiger partial charge in [0.1, 0.15) is 11.5 Å². The van der Waals surface area contributed by atoms with Gasteiger partial charge in [-0.25, -0.2) is 23.7 Å². The van der Waals surface area contributed by atoms with Crippen LogP contribution in [0.25, 0.3) is 27.8 Å². The van der Waals surface area contributed by atoms with Crippen molar-refractivity contribution in [1.29, 1.82) is 0 Å². The van der Waals surface area contributed by atoms with Crippen LogP contribution in [0.4, 0.5) is 4.39 Å². The number of carbonyl (C=O) groups is 1. The van der Waals surface area contributed by atoms with Gasteiger partial charge in [0.15, 0.2) is 5.65 Å². The van der Waals surface area contributed by atoms with Gasteiger partial charge in [-0.15, -0.1) is 0 Å². The van der Waals surface area contributed by atoms with E-state index in [-0.39, 0.29) is 28.7 Å². The van der Waals surface area contributed by atoms with Gasteiger partial charge in [-0.1, -0.05) is 49.2 Å². The molecule has 12 heteroatoms. The largest absolute Gasteiger partial charge is 0.348 e. The zero-order chi connectivity index (χ0) is 36.5. The molecular formula is C41H45FN8O3. The minimum absolute atomic E-state index is 0.0387. The van der Waals surface area contributed by atoms with Crippen molar-refractivity contribution in [1.82, 2.24) is 39.2 Å². The molecule has 53 heavy (non-hydrogen) atoms. The molecule has 0 spiro atoms. The van der Waals surface area contributed by atoms with Crippen molar-refractivity contribution in [2.45, 2.75) is 83.0 Å². The molecule has 11 nitrogen and oxygen atoms in total. The molecular weight excluding hydrogens is 672 g/mol. The van der Waals surface area contributed by atoms with Crippen LogP contribution >= 0.6 is 0 Å².